The Morgan fingerprint density at radius 2 is 2.38 bits per heavy atom. The van der Waals surface area contributed by atoms with Crippen molar-refractivity contribution < 1.29 is 4.79 Å². The van der Waals surface area contributed by atoms with Crippen LogP contribution in [0.4, 0.5) is 0 Å². The van der Waals surface area contributed by atoms with Gasteiger partial charge in [0.05, 0.1) is 12.7 Å². The quantitative estimate of drug-likeness (QED) is 0.636. The predicted octanol–water partition coefficient (Wildman–Crippen LogP) is -0.0862. The Bertz CT molecular complexity index is 323. The molecule has 0 aliphatic heterocycles. The maximum Gasteiger partial charge on any atom is 0.220 e. The minimum absolute atomic E-state index is 0.0322. The number of amides is 1. The van der Waals surface area contributed by atoms with Gasteiger partial charge in [-0.3, -0.25) is 9.48 Å². The summed E-state index contributed by atoms with van der Waals surface area (Å²) in [7, 11) is 1.92. The van der Waals surface area contributed by atoms with Gasteiger partial charge in [0.2, 0.25) is 5.91 Å². The van der Waals surface area contributed by atoms with Gasteiger partial charge in [0.15, 0.2) is 0 Å². The molecular formula is C10H19N5O. The molecule has 0 spiro atoms. The fourth-order valence-corrected chi connectivity index (χ4v) is 1.26. The van der Waals surface area contributed by atoms with Crippen LogP contribution in [-0.2, 0) is 17.9 Å². The molecular weight excluding hydrogens is 206 g/mol. The van der Waals surface area contributed by atoms with Crippen LogP contribution in [0.3, 0.4) is 0 Å². The molecule has 1 rings (SSSR count). The van der Waals surface area contributed by atoms with Crippen molar-refractivity contribution in [3.05, 3.63) is 11.9 Å². The largest absolute Gasteiger partial charge is 0.350 e. The van der Waals surface area contributed by atoms with Crippen molar-refractivity contribution >= 4 is 5.91 Å². The summed E-state index contributed by atoms with van der Waals surface area (Å²) in [5, 5.41) is 13.8. The number of carbonyl (C=O) groups is 1. The second kappa shape index (κ2) is 6.95. The molecule has 0 saturated heterocycles. The van der Waals surface area contributed by atoms with Crippen LogP contribution < -0.4 is 10.6 Å². The molecule has 90 valence electrons. The molecule has 0 saturated carbocycles. The number of nitrogens with zero attached hydrogens (tertiary/aromatic N) is 3. The Morgan fingerprint density at radius 3 is 3.06 bits per heavy atom. The number of carbonyl (C=O) groups excluding carboxylic acids is 1. The molecule has 0 aromatic carbocycles. The highest BCUT2D eigenvalue weighted by Gasteiger charge is 2.02. The second-order valence-corrected chi connectivity index (χ2v) is 3.56. The first-order chi connectivity index (χ1) is 7.76. The van der Waals surface area contributed by atoms with E-state index in [1.54, 1.807) is 4.68 Å². The van der Waals surface area contributed by atoms with E-state index in [4.69, 9.17) is 0 Å². The van der Waals surface area contributed by atoms with Gasteiger partial charge in [0, 0.05) is 13.0 Å². The summed E-state index contributed by atoms with van der Waals surface area (Å²) < 4.78 is 1.80. The van der Waals surface area contributed by atoms with E-state index < -0.39 is 0 Å². The summed E-state index contributed by atoms with van der Waals surface area (Å²) in [5.41, 5.74) is 0.797. The maximum absolute atomic E-state index is 11.0. The van der Waals surface area contributed by atoms with Gasteiger partial charge >= 0.3 is 0 Å². The molecule has 1 amide bonds. The molecule has 1 aromatic heterocycles. The zero-order valence-electron chi connectivity index (χ0n) is 9.86. The van der Waals surface area contributed by atoms with Crippen LogP contribution in [-0.4, -0.2) is 34.5 Å². The van der Waals surface area contributed by atoms with E-state index in [-0.39, 0.29) is 5.91 Å². The van der Waals surface area contributed by atoms with Crippen molar-refractivity contribution in [3.63, 3.8) is 0 Å². The van der Waals surface area contributed by atoms with Crippen molar-refractivity contribution in [2.75, 3.05) is 13.6 Å². The third-order valence-corrected chi connectivity index (χ3v) is 2.19. The average molecular weight is 225 g/mol. The maximum atomic E-state index is 11.0. The summed E-state index contributed by atoms with van der Waals surface area (Å²) in [4.78, 5) is 11.0. The number of hydrogen-bond donors (Lipinski definition) is 2. The van der Waals surface area contributed by atoms with Gasteiger partial charge in [0.1, 0.15) is 5.69 Å². The van der Waals surface area contributed by atoms with Crippen molar-refractivity contribution in [3.8, 4) is 0 Å². The van der Waals surface area contributed by atoms with Gasteiger partial charge in [-0.2, -0.15) is 0 Å². The third-order valence-electron chi connectivity index (χ3n) is 2.19. The molecule has 16 heavy (non-hydrogen) atoms. The molecule has 0 fully saturated rings. The van der Waals surface area contributed by atoms with Gasteiger partial charge in [-0.25, -0.2) is 0 Å². The first kappa shape index (κ1) is 12.6. The number of aryl methyl sites for hydroxylation is 1. The average Bonchev–Trinajstić information content (AvgIpc) is 2.74. The summed E-state index contributed by atoms with van der Waals surface area (Å²) in [6.07, 6.45) is 3.38. The van der Waals surface area contributed by atoms with Crippen molar-refractivity contribution in [1.82, 2.24) is 25.6 Å². The van der Waals surface area contributed by atoms with Crippen LogP contribution >= 0.6 is 0 Å². The van der Waals surface area contributed by atoms with E-state index in [0.29, 0.717) is 13.0 Å². The highest BCUT2D eigenvalue weighted by molar-refractivity contribution is 5.75. The minimum atomic E-state index is 0.0322. The SMILES string of the molecule is CCC(=O)NCc1cn(CCCNC)nn1. The van der Waals surface area contributed by atoms with E-state index in [1.807, 2.05) is 20.2 Å². The van der Waals surface area contributed by atoms with Crippen LogP contribution in [0, 0.1) is 0 Å². The Hall–Kier alpha value is -1.43. The highest BCUT2D eigenvalue weighted by Crippen LogP contribution is 1.94. The van der Waals surface area contributed by atoms with E-state index in [0.717, 1.165) is 25.2 Å². The first-order valence-electron chi connectivity index (χ1n) is 5.56. The standard InChI is InChI=1S/C10H19N5O/c1-3-10(16)12-7-9-8-15(14-13-9)6-4-5-11-2/h8,11H,3-7H2,1-2H3,(H,12,16). The number of rotatable bonds is 7. The summed E-state index contributed by atoms with van der Waals surface area (Å²) >= 11 is 0. The summed E-state index contributed by atoms with van der Waals surface area (Å²) in [6.45, 7) is 4.08. The molecule has 0 aliphatic rings. The monoisotopic (exact) mass is 225 g/mol. The Morgan fingerprint density at radius 1 is 1.56 bits per heavy atom. The van der Waals surface area contributed by atoms with Crippen LogP contribution in [0.5, 0.6) is 0 Å². The van der Waals surface area contributed by atoms with Crippen LogP contribution in [0.15, 0.2) is 6.20 Å². The van der Waals surface area contributed by atoms with Gasteiger partial charge in [-0.1, -0.05) is 12.1 Å². The first-order valence-corrected chi connectivity index (χ1v) is 5.56. The zero-order valence-corrected chi connectivity index (χ0v) is 9.86. The number of aromatic nitrogens is 3. The lowest BCUT2D eigenvalue weighted by molar-refractivity contribution is -0.120. The summed E-state index contributed by atoms with van der Waals surface area (Å²) in [5.74, 6) is 0.0322. The predicted molar refractivity (Wildman–Crippen MR) is 60.7 cm³/mol. The fraction of sp³-hybridized carbons (Fsp3) is 0.700. The molecule has 0 radical (unpaired) electrons. The third kappa shape index (κ3) is 4.39. The topological polar surface area (TPSA) is 71.8 Å². The van der Waals surface area contributed by atoms with Crippen LogP contribution in [0.2, 0.25) is 0 Å². The second-order valence-electron chi connectivity index (χ2n) is 3.56. The normalized spacial score (nSPS) is 10.4. The lowest BCUT2D eigenvalue weighted by Gasteiger charge is -1.99. The molecule has 2 N–H and O–H groups in total. The minimum Gasteiger partial charge on any atom is -0.350 e. The molecule has 0 bridgehead atoms. The number of nitrogens with one attached hydrogen (secondary N) is 2. The van der Waals surface area contributed by atoms with Gasteiger partial charge in [-0.15, -0.1) is 5.10 Å². The molecule has 6 nitrogen and oxygen atoms in total. The van der Waals surface area contributed by atoms with Crippen molar-refractivity contribution in [2.45, 2.75) is 32.9 Å². The smallest absolute Gasteiger partial charge is 0.220 e. The molecule has 0 aliphatic carbocycles. The van der Waals surface area contributed by atoms with E-state index in [9.17, 15) is 4.79 Å². The van der Waals surface area contributed by atoms with Gasteiger partial charge in [-0.05, 0) is 20.0 Å². The highest BCUT2D eigenvalue weighted by atomic mass is 16.1. The molecule has 1 aromatic rings. The fourth-order valence-electron chi connectivity index (χ4n) is 1.26. The summed E-state index contributed by atoms with van der Waals surface area (Å²) in [6, 6.07) is 0. The Balaban J connectivity index is 2.30. The van der Waals surface area contributed by atoms with Gasteiger partial charge < -0.3 is 10.6 Å². The van der Waals surface area contributed by atoms with Crippen molar-refractivity contribution in [1.29, 1.82) is 0 Å². The molecule has 0 atom stereocenters. The number of hydrogen-bond acceptors (Lipinski definition) is 4. The van der Waals surface area contributed by atoms with Crippen molar-refractivity contribution in [2.24, 2.45) is 0 Å². The van der Waals surface area contributed by atoms with E-state index in [1.165, 1.54) is 0 Å². The molecule has 6 heteroatoms. The zero-order chi connectivity index (χ0) is 11.8. The Kier molecular flexibility index (Phi) is 5.49. The van der Waals surface area contributed by atoms with Gasteiger partial charge in [0.25, 0.3) is 0 Å². The Labute approximate surface area is 95.4 Å². The van der Waals surface area contributed by atoms with E-state index in [2.05, 4.69) is 20.9 Å². The van der Waals surface area contributed by atoms with Crippen LogP contribution in [0.25, 0.3) is 0 Å². The van der Waals surface area contributed by atoms with Crippen LogP contribution in [0.1, 0.15) is 25.5 Å². The lowest BCUT2D eigenvalue weighted by atomic mass is 10.4. The van der Waals surface area contributed by atoms with E-state index >= 15 is 0 Å². The molecule has 0 unspecified atom stereocenters. The lowest BCUT2D eigenvalue weighted by Crippen LogP contribution is -2.21. The molecule has 1 heterocycles.